The summed E-state index contributed by atoms with van der Waals surface area (Å²) in [6.45, 7) is 1.60. The summed E-state index contributed by atoms with van der Waals surface area (Å²) in [5.74, 6) is 0.968. The van der Waals surface area contributed by atoms with Crippen LogP contribution in [-0.2, 0) is 13.6 Å². The number of anilines is 1. The van der Waals surface area contributed by atoms with Crippen molar-refractivity contribution in [3.05, 3.63) is 49.1 Å². The number of aryl methyl sites for hydroxylation is 1. The van der Waals surface area contributed by atoms with Crippen LogP contribution >= 0.6 is 23.2 Å². The molecule has 0 spiro atoms. The fraction of sp³-hybridized carbons (Fsp3) is 0.476. The zero-order valence-corrected chi connectivity index (χ0v) is 19.2. The molecule has 0 saturated carbocycles. The third-order valence-corrected chi connectivity index (χ3v) is 6.12. The molecule has 172 valence electrons. The van der Waals surface area contributed by atoms with Crippen LogP contribution in [0.1, 0.15) is 25.7 Å². The van der Waals surface area contributed by atoms with Crippen LogP contribution in [0.15, 0.2) is 27.8 Å². The fourth-order valence-corrected chi connectivity index (χ4v) is 4.41. The summed E-state index contributed by atoms with van der Waals surface area (Å²) < 4.78 is 8.65. The molecule has 3 aromatic rings. The van der Waals surface area contributed by atoms with Gasteiger partial charge in [-0.3, -0.25) is 14.3 Å². The zero-order chi connectivity index (χ0) is 22.8. The number of H-pyrrole nitrogens is 1. The number of hydrogen-bond donors (Lipinski definition) is 2. The van der Waals surface area contributed by atoms with Gasteiger partial charge in [0.2, 0.25) is 5.95 Å². The molecule has 11 heteroatoms. The van der Waals surface area contributed by atoms with Gasteiger partial charge in [-0.15, -0.1) is 0 Å². The van der Waals surface area contributed by atoms with E-state index in [4.69, 9.17) is 27.9 Å². The number of nitrogens with one attached hydrogen (secondary N) is 1. The first-order chi connectivity index (χ1) is 15.3. The highest BCUT2D eigenvalue weighted by atomic mass is 35.5. The normalized spacial score (nSPS) is 15.7. The van der Waals surface area contributed by atoms with Crippen LogP contribution in [0.2, 0.25) is 10.0 Å². The lowest BCUT2D eigenvalue weighted by Gasteiger charge is -2.23. The minimum absolute atomic E-state index is 0.0515. The van der Waals surface area contributed by atoms with Gasteiger partial charge < -0.3 is 19.3 Å². The van der Waals surface area contributed by atoms with Crippen molar-refractivity contribution in [1.82, 2.24) is 19.1 Å². The van der Waals surface area contributed by atoms with Crippen molar-refractivity contribution in [1.29, 1.82) is 0 Å². The number of rotatable bonds is 6. The Labute approximate surface area is 194 Å². The van der Waals surface area contributed by atoms with Gasteiger partial charge in [0.05, 0.1) is 11.6 Å². The van der Waals surface area contributed by atoms with E-state index in [9.17, 15) is 14.7 Å². The fourth-order valence-electron chi connectivity index (χ4n) is 3.95. The van der Waals surface area contributed by atoms with Gasteiger partial charge in [0.25, 0.3) is 5.56 Å². The van der Waals surface area contributed by atoms with E-state index in [2.05, 4.69) is 14.9 Å². The van der Waals surface area contributed by atoms with Crippen molar-refractivity contribution in [2.45, 2.75) is 38.3 Å². The van der Waals surface area contributed by atoms with Crippen molar-refractivity contribution in [2.75, 3.05) is 24.6 Å². The molecule has 2 aromatic heterocycles. The predicted octanol–water partition coefficient (Wildman–Crippen LogP) is 2.55. The average molecular weight is 482 g/mol. The largest absolute Gasteiger partial charge is 0.489 e. The van der Waals surface area contributed by atoms with Crippen LogP contribution < -0.4 is 20.9 Å². The lowest BCUT2D eigenvalue weighted by atomic mass is 10.2. The number of hydrogen-bond acceptors (Lipinski definition) is 6. The first-order valence-corrected chi connectivity index (χ1v) is 11.3. The van der Waals surface area contributed by atoms with Crippen LogP contribution in [0.5, 0.6) is 5.75 Å². The van der Waals surface area contributed by atoms with E-state index in [0.29, 0.717) is 21.7 Å². The molecule has 4 rings (SSSR count). The maximum Gasteiger partial charge on any atom is 0.329 e. The molecule has 0 aliphatic carbocycles. The Morgan fingerprint density at radius 1 is 1.19 bits per heavy atom. The summed E-state index contributed by atoms with van der Waals surface area (Å²) in [4.78, 5) is 33.9. The van der Waals surface area contributed by atoms with Gasteiger partial charge in [0.15, 0.2) is 11.2 Å². The topological polar surface area (TPSA) is 105 Å². The Morgan fingerprint density at radius 3 is 2.59 bits per heavy atom. The first-order valence-electron chi connectivity index (χ1n) is 10.6. The number of benzene rings is 1. The molecule has 0 unspecified atom stereocenters. The van der Waals surface area contributed by atoms with E-state index < -0.39 is 17.4 Å². The summed E-state index contributed by atoms with van der Waals surface area (Å²) in [7, 11) is 1.56. The van der Waals surface area contributed by atoms with E-state index in [1.165, 1.54) is 4.57 Å². The van der Waals surface area contributed by atoms with Crippen molar-refractivity contribution in [3.63, 3.8) is 0 Å². The molecule has 0 radical (unpaired) electrons. The second-order valence-electron chi connectivity index (χ2n) is 7.95. The lowest BCUT2D eigenvalue weighted by molar-refractivity contribution is 0.0937. The van der Waals surface area contributed by atoms with Crippen LogP contribution in [0.4, 0.5) is 5.95 Å². The maximum absolute atomic E-state index is 12.7. The molecule has 9 nitrogen and oxygen atoms in total. The summed E-state index contributed by atoms with van der Waals surface area (Å²) in [6.07, 6.45) is 3.34. The Bertz CT molecular complexity index is 1230. The minimum atomic E-state index is -0.957. The summed E-state index contributed by atoms with van der Waals surface area (Å²) in [6, 6.07) is 4.84. The second-order valence-corrected chi connectivity index (χ2v) is 8.80. The molecule has 1 aromatic carbocycles. The third kappa shape index (κ3) is 4.65. The van der Waals surface area contributed by atoms with Crippen LogP contribution in [-0.4, -0.2) is 50.0 Å². The van der Waals surface area contributed by atoms with Crippen molar-refractivity contribution >= 4 is 40.3 Å². The number of ether oxygens (including phenoxy) is 1. The van der Waals surface area contributed by atoms with Gasteiger partial charge in [-0.1, -0.05) is 36.0 Å². The van der Waals surface area contributed by atoms with E-state index >= 15 is 0 Å². The van der Waals surface area contributed by atoms with Gasteiger partial charge in [0.1, 0.15) is 18.5 Å². The molecule has 32 heavy (non-hydrogen) atoms. The Kier molecular flexibility index (Phi) is 6.78. The molecular formula is C21H25Cl2N5O4. The van der Waals surface area contributed by atoms with E-state index in [-0.39, 0.29) is 24.3 Å². The standard InChI is InChI=1S/C21H25Cl2N5O4/c1-26-18-17(19(30)25-21(26)31)28(20(24-18)27-8-4-2-3-5-9-27)11-14(29)12-32-16-7-6-13(22)10-15(16)23/h6-7,10,14,29H,2-5,8-9,11-12H2,1H3,(H,25,30,31)/t14-/m1/s1. The molecule has 0 amide bonds. The molecule has 2 N–H and O–H groups in total. The summed E-state index contributed by atoms with van der Waals surface area (Å²) >= 11 is 12.0. The van der Waals surface area contributed by atoms with Gasteiger partial charge in [-0.05, 0) is 31.0 Å². The molecule has 1 fully saturated rings. The summed E-state index contributed by atoms with van der Waals surface area (Å²) in [5.41, 5.74) is -0.539. The molecule has 1 aliphatic heterocycles. The summed E-state index contributed by atoms with van der Waals surface area (Å²) in [5, 5.41) is 11.6. The minimum Gasteiger partial charge on any atom is -0.489 e. The predicted molar refractivity (Wildman–Crippen MR) is 124 cm³/mol. The SMILES string of the molecule is Cn1c(=O)[nH]c(=O)c2c1nc(N1CCCCCC1)n2C[C@@H](O)COc1ccc(Cl)cc1Cl. The maximum atomic E-state index is 12.7. The number of halogens is 2. The van der Waals surface area contributed by atoms with Gasteiger partial charge in [-0.2, -0.15) is 4.98 Å². The van der Waals surface area contributed by atoms with E-state index in [1.807, 2.05) is 0 Å². The monoisotopic (exact) mass is 481 g/mol. The number of aliphatic hydroxyl groups is 1. The van der Waals surface area contributed by atoms with E-state index in [1.54, 1.807) is 29.8 Å². The molecular weight excluding hydrogens is 457 g/mol. The smallest absolute Gasteiger partial charge is 0.329 e. The van der Waals surface area contributed by atoms with Gasteiger partial charge in [0, 0.05) is 25.2 Å². The van der Waals surface area contributed by atoms with Crippen molar-refractivity contribution in [3.8, 4) is 5.75 Å². The van der Waals surface area contributed by atoms with Crippen LogP contribution in [0, 0.1) is 0 Å². The van der Waals surface area contributed by atoms with E-state index in [0.717, 1.165) is 38.8 Å². The molecule has 1 aliphatic rings. The molecule has 1 atom stereocenters. The first kappa shape index (κ1) is 22.7. The Hall–Kier alpha value is -2.49. The number of nitrogens with zero attached hydrogens (tertiary/aromatic N) is 4. The highest BCUT2D eigenvalue weighted by Gasteiger charge is 2.24. The van der Waals surface area contributed by atoms with Crippen LogP contribution in [0.3, 0.4) is 0 Å². The quantitative estimate of drug-likeness (QED) is 0.560. The van der Waals surface area contributed by atoms with Crippen molar-refractivity contribution in [2.24, 2.45) is 7.05 Å². The number of imidazole rings is 1. The Morgan fingerprint density at radius 2 is 1.91 bits per heavy atom. The second kappa shape index (κ2) is 9.56. The lowest BCUT2D eigenvalue weighted by Crippen LogP contribution is -2.32. The molecule has 1 saturated heterocycles. The van der Waals surface area contributed by atoms with Crippen molar-refractivity contribution < 1.29 is 9.84 Å². The highest BCUT2D eigenvalue weighted by molar-refractivity contribution is 6.35. The molecule has 0 bridgehead atoms. The number of aromatic nitrogens is 4. The average Bonchev–Trinajstić information content (AvgIpc) is 2.92. The number of aliphatic hydroxyl groups excluding tert-OH is 1. The Balaban J connectivity index is 1.66. The zero-order valence-electron chi connectivity index (χ0n) is 17.7. The van der Waals surface area contributed by atoms with Crippen LogP contribution in [0.25, 0.3) is 11.2 Å². The number of fused-ring (bicyclic) bond motifs is 1. The molecule has 3 heterocycles. The third-order valence-electron chi connectivity index (χ3n) is 5.59. The highest BCUT2D eigenvalue weighted by Crippen LogP contribution is 2.28. The van der Waals surface area contributed by atoms with Gasteiger partial charge in [-0.25, -0.2) is 4.79 Å². The van der Waals surface area contributed by atoms with Gasteiger partial charge >= 0.3 is 5.69 Å². The number of aromatic amines is 1.